The van der Waals surface area contributed by atoms with Crippen molar-refractivity contribution >= 4 is 17.6 Å². The lowest BCUT2D eigenvalue weighted by atomic mass is 9.96. The van der Waals surface area contributed by atoms with Crippen LogP contribution >= 0.6 is 0 Å². The minimum Gasteiger partial charge on any atom is -0.422 e. The molecule has 5 heteroatoms. The summed E-state index contributed by atoms with van der Waals surface area (Å²) in [4.78, 5) is 28.4. The highest BCUT2D eigenvalue weighted by Crippen LogP contribution is 2.37. The molecule has 5 nitrogen and oxygen atoms in total. The van der Waals surface area contributed by atoms with Crippen LogP contribution in [0, 0.1) is 0 Å². The van der Waals surface area contributed by atoms with Crippen molar-refractivity contribution in [3.05, 3.63) is 78.1 Å². The van der Waals surface area contributed by atoms with Gasteiger partial charge in [-0.25, -0.2) is 4.79 Å². The van der Waals surface area contributed by atoms with E-state index in [1.807, 2.05) is 24.3 Å². The molecule has 0 radical (unpaired) electrons. The molecule has 0 aliphatic carbocycles. The van der Waals surface area contributed by atoms with E-state index >= 15 is 0 Å². The standard InChI is InChI=1S/C21H16N2O3/c24-20-9-8-15-11-17(16-7-4-10-22-13-16)19(12-18(15)23-20)26-21(25)14-5-2-1-3-6-14/h1-7,10-13H,8-9H2,(H,23,24). The fourth-order valence-corrected chi connectivity index (χ4v) is 2.97. The van der Waals surface area contributed by atoms with Crippen LogP contribution in [0.1, 0.15) is 22.3 Å². The molecule has 4 rings (SSSR count). The van der Waals surface area contributed by atoms with Crippen LogP contribution in [0.25, 0.3) is 11.1 Å². The highest BCUT2D eigenvalue weighted by molar-refractivity contribution is 5.96. The normalized spacial score (nSPS) is 12.8. The van der Waals surface area contributed by atoms with Crippen LogP contribution < -0.4 is 10.1 Å². The van der Waals surface area contributed by atoms with Gasteiger partial charge < -0.3 is 10.1 Å². The molecule has 2 aromatic carbocycles. The van der Waals surface area contributed by atoms with Crippen molar-refractivity contribution in [1.82, 2.24) is 4.98 Å². The number of aryl methyl sites for hydroxylation is 1. The Morgan fingerprint density at radius 1 is 1.04 bits per heavy atom. The summed E-state index contributed by atoms with van der Waals surface area (Å²) in [5.41, 5.74) is 3.79. The fourth-order valence-electron chi connectivity index (χ4n) is 2.97. The van der Waals surface area contributed by atoms with E-state index in [0.29, 0.717) is 29.8 Å². The monoisotopic (exact) mass is 344 g/mol. The Balaban J connectivity index is 1.77. The molecule has 0 unspecified atom stereocenters. The maximum absolute atomic E-state index is 12.5. The van der Waals surface area contributed by atoms with E-state index in [1.54, 1.807) is 42.7 Å². The highest BCUT2D eigenvalue weighted by Gasteiger charge is 2.20. The van der Waals surface area contributed by atoms with E-state index in [2.05, 4.69) is 10.3 Å². The molecule has 1 N–H and O–H groups in total. The number of nitrogens with zero attached hydrogens (tertiary/aromatic N) is 1. The third-order valence-corrected chi connectivity index (χ3v) is 4.29. The number of hydrogen-bond donors (Lipinski definition) is 1. The van der Waals surface area contributed by atoms with Gasteiger partial charge in [-0.15, -0.1) is 0 Å². The van der Waals surface area contributed by atoms with Crippen LogP contribution in [0.4, 0.5) is 5.69 Å². The number of hydrogen-bond acceptors (Lipinski definition) is 4. The molecule has 0 bridgehead atoms. The third kappa shape index (κ3) is 3.19. The summed E-state index contributed by atoms with van der Waals surface area (Å²) in [6.07, 6.45) is 4.52. The topological polar surface area (TPSA) is 68.3 Å². The lowest BCUT2D eigenvalue weighted by Crippen LogP contribution is -2.19. The van der Waals surface area contributed by atoms with Gasteiger partial charge >= 0.3 is 5.97 Å². The van der Waals surface area contributed by atoms with Crippen LogP contribution in [0.2, 0.25) is 0 Å². The summed E-state index contributed by atoms with van der Waals surface area (Å²) in [5.74, 6) is -0.0856. The second kappa shape index (κ2) is 6.80. The number of rotatable bonds is 3. The van der Waals surface area contributed by atoms with Crippen LogP contribution in [0.15, 0.2) is 67.0 Å². The second-order valence-corrected chi connectivity index (χ2v) is 6.05. The summed E-state index contributed by atoms with van der Waals surface area (Å²) >= 11 is 0. The van der Waals surface area contributed by atoms with Crippen LogP contribution in [0.3, 0.4) is 0 Å². The Labute approximate surface area is 150 Å². The smallest absolute Gasteiger partial charge is 0.343 e. The molecule has 3 aromatic rings. The molecule has 1 amide bonds. The number of carbonyl (C=O) groups excluding carboxylic acids is 2. The average molecular weight is 344 g/mol. The quantitative estimate of drug-likeness (QED) is 0.579. The number of nitrogens with one attached hydrogen (secondary N) is 1. The van der Waals surface area contributed by atoms with Crippen LogP contribution in [-0.2, 0) is 11.2 Å². The van der Waals surface area contributed by atoms with Gasteiger partial charge in [0.2, 0.25) is 5.91 Å². The van der Waals surface area contributed by atoms with E-state index in [0.717, 1.165) is 16.7 Å². The molecule has 1 aliphatic heterocycles. The minimum atomic E-state index is -0.446. The fraction of sp³-hybridized carbons (Fsp3) is 0.0952. The average Bonchev–Trinajstić information content (AvgIpc) is 2.68. The summed E-state index contributed by atoms with van der Waals surface area (Å²) in [6, 6.07) is 16.2. The molecule has 0 spiro atoms. The molecular formula is C21H16N2O3. The van der Waals surface area contributed by atoms with Crippen LogP contribution in [0.5, 0.6) is 5.75 Å². The first-order valence-electron chi connectivity index (χ1n) is 8.35. The van der Waals surface area contributed by atoms with Crippen LogP contribution in [-0.4, -0.2) is 16.9 Å². The molecule has 128 valence electrons. The molecule has 0 saturated carbocycles. The largest absolute Gasteiger partial charge is 0.422 e. The Morgan fingerprint density at radius 2 is 1.88 bits per heavy atom. The Morgan fingerprint density at radius 3 is 2.65 bits per heavy atom. The number of fused-ring (bicyclic) bond motifs is 1. The Bertz CT molecular complexity index is 969. The minimum absolute atomic E-state index is 0.0352. The van der Waals surface area contributed by atoms with Gasteiger partial charge in [0, 0.05) is 41.7 Å². The molecule has 2 heterocycles. The van der Waals surface area contributed by atoms with E-state index in [9.17, 15) is 9.59 Å². The van der Waals surface area contributed by atoms with Crippen molar-refractivity contribution in [2.24, 2.45) is 0 Å². The number of amides is 1. The second-order valence-electron chi connectivity index (χ2n) is 6.05. The zero-order valence-electron chi connectivity index (χ0n) is 13.9. The maximum atomic E-state index is 12.5. The molecule has 26 heavy (non-hydrogen) atoms. The van der Waals surface area contributed by atoms with E-state index in [4.69, 9.17) is 4.74 Å². The highest BCUT2D eigenvalue weighted by atomic mass is 16.5. The number of pyridine rings is 1. The molecule has 1 aromatic heterocycles. The van der Waals surface area contributed by atoms with Gasteiger partial charge in [-0.05, 0) is 36.2 Å². The zero-order valence-corrected chi connectivity index (χ0v) is 13.9. The number of benzene rings is 2. The summed E-state index contributed by atoms with van der Waals surface area (Å²) in [6.45, 7) is 0. The lowest BCUT2D eigenvalue weighted by Gasteiger charge is -2.20. The number of carbonyl (C=O) groups is 2. The van der Waals surface area contributed by atoms with E-state index < -0.39 is 5.97 Å². The van der Waals surface area contributed by atoms with Crippen molar-refractivity contribution in [1.29, 1.82) is 0 Å². The van der Waals surface area contributed by atoms with Gasteiger partial charge in [-0.2, -0.15) is 0 Å². The van der Waals surface area contributed by atoms with Crippen molar-refractivity contribution < 1.29 is 14.3 Å². The number of anilines is 1. The summed E-state index contributed by atoms with van der Waals surface area (Å²) in [7, 11) is 0. The zero-order chi connectivity index (χ0) is 17.9. The summed E-state index contributed by atoms with van der Waals surface area (Å²) in [5, 5.41) is 2.85. The number of aromatic nitrogens is 1. The van der Waals surface area contributed by atoms with Crippen molar-refractivity contribution in [3.8, 4) is 16.9 Å². The SMILES string of the molecule is O=C1CCc2cc(-c3cccnc3)c(OC(=O)c3ccccc3)cc2N1. The first-order chi connectivity index (χ1) is 12.7. The predicted octanol–water partition coefficient (Wildman–Crippen LogP) is 3.85. The lowest BCUT2D eigenvalue weighted by molar-refractivity contribution is -0.116. The maximum Gasteiger partial charge on any atom is 0.343 e. The molecule has 1 aliphatic rings. The van der Waals surface area contributed by atoms with Gasteiger partial charge in [0.05, 0.1) is 5.56 Å². The van der Waals surface area contributed by atoms with Crippen molar-refractivity contribution in [2.75, 3.05) is 5.32 Å². The van der Waals surface area contributed by atoms with Crippen molar-refractivity contribution in [2.45, 2.75) is 12.8 Å². The van der Waals surface area contributed by atoms with Gasteiger partial charge in [0.25, 0.3) is 0 Å². The predicted molar refractivity (Wildman–Crippen MR) is 98.0 cm³/mol. The molecule has 0 atom stereocenters. The van der Waals surface area contributed by atoms with E-state index in [1.165, 1.54) is 0 Å². The van der Waals surface area contributed by atoms with Gasteiger partial charge in [0.1, 0.15) is 5.75 Å². The Hall–Kier alpha value is -3.47. The molecule has 0 fully saturated rings. The van der Waals surface area contributed by atoms with E-state index in [-0.39, 0.29) is 5.91 Å². The van der Waals surface area contributed by atoms with Gasteiger partial charge in [-0.3, -0.25) is 9.78 Å². The number of esters is 1. The number of ether oxygens (including phenoxy) is 1. The first-order valence-corrected chi connectivity index (χ1v) is 8.35. The third-order valence-electron chi connectivity index (χ3n) is 4.29. The summed E-state index contributed by atoms with van der Waals surface area (Å²) < 4.78 is 5.67. The molecule has 0 saturated heterocycles. The Kier molecular flexibility index (Phi) is 4.19. The van der Waals surface area contributed by atoms with Gasteiger partial charge in [-0.1, -0.05) is 24.3 Å². The molecular weight excluding hydrogens is 328 g/mol. The van der Waals surface area contributed by atoms with Gasteiger partial charge in [0.15, 0.2) is 0 Å². The first kappa shape index (κ1) is 16.0. The van der Waals surface area contributed by atoms with Crippen molar-refractivity contribution in [3.63, 3.8) is 0 Å².